The summed E-state index contributed by atoms with van der Waals surface area (Å²) in [6, 6.07) is 0. The van der Waals surface area contributed by atoms with Crippen molar-refractivity contribution in [2.75, 3.05) is 18.9 Å². The summed E-state index contributed by atoms with van der Waals surface area (Å²) in [6.45, 7) is 6.53. The summed E-state index contributed by atoms with van der Waals surface area (Å²) in [5.74, 6) is 1.13. The second-order valence-electron chi connectivity index (χ2n) is 3.45. The van der Waals surface area contributed by atoms with Gasteiger partial charge in [-0.3, -0.25) is 0 Å². The van der Waals surface area contributed by atoms with Gasteiger partial charge in [0.1, 0.15) is 0 Å². The van der Waals surface area contributed by atoms with Crippen molar-refractivity contribution >= 4 is 5.95 Å². The molecule has 13 heavy (non-hydrogen) atoms. The molecule has 0 aromatic carbocycles. The van der Waals surface area contributed by atoms with Gasteiger partial charge in [-0.25, -0.2) is 4.98 Å². The minimum Gasteiger partial charge on any atom is -0.379 e. The fourth-order valence-corrected chi connectivity index (χ4v) is 1.01. The van der Waals surface area contributed by atoms with Crippen LogP contribution in [0.5, 0.6) is 0 Å². The Labute approximate surface area is 78.7 Å². The van der Waals surface area contributed by atoms with E-state index in [-0.39, 0.29) is 0 Å². The first-order chi connectivity index (χ1) is 6.20. The number of nitrogens with two attached hydrogens (primary N) is 1. The molecule has 0 saturated heterocycles. The molecule has 1 heterocycles. The van der Waals surface area contributed by atoms with E-state index in [9.17, 15) is 0 Å². The van der Waals surface area contributed by atoms with Crippen LogP contribution in [0.3, 0.4) is 0 Å². The first-order valence-electron chi connectivity index (χ1n) is 4.54. The molecule has 4 nitrogen and oxygen atoms in total. The number of hydrogen-bond donors (Lipinski definition) is 1. The van der Waals surface area contributed by atoms with Gasteiger partial charge in [0.15, 0.2) is 5.95 Å². The standard InChI is InChI=1S/C9H17N3O/c1-8(2)7-13-6-5-12-4-3-11-9(12)10/h3-4,8H,5-7H2,1-2H3,(H2,10,11). The Bertz CT molecular complexity index is 245. The Morgan fingerprint density at radius 3 is 2.92 bits per heavy atom. The summed E-state index contributed by atoms with van der Waals surface area (Å²) in [5, 5.41) is 0. The molecule has 1 rings (SSSR count). The van der Waals surface area contributed by atoms with Gasteiger partial charge in [0.05, 0.1) is 6.61 Å². The van der Waals surface area contributed by atoms with Crippen molar-refractivity contribution in [3.8, 4) is 0 Å². The highest BCUT2D eigenvalue weighted by Gasteiger charge is 1.97. The van der Waals surface area contributed by atoms with E-state index >= 15 is 0 Å². The van der Waals surface area contributed by atoms with E-state index in [4.69, 9.17) is 10.5 Å². The van der Waals surface area contributed by atoms with Crippen LogP contribution in [0.15, 0.2) is 12.4 Å². The van der Waals surface area contributed by atoms with E-state index in [1.807, 2.05) is 10.8 Å². The number of nitrogen functional groups attached to an aromatic ring is 1. The van der Waals surface area contributed by atoms with E-state index < -0.39 is 0 Å². The highest BCUT2D eigenvalue weighted by atomic mass is 16.5. The SMILES string of the molecule is CC(C)COCCn1ccnc1N. The number of ether oxygens (including phenoxy) is 1. The largest absolute Gasteiger partial charge is 0.379 e. The molecular formula is C9H17N3O. The first kappa shape index (κ1) is 10.1. The van der Waals surface area contributed by atoms with Gasteiger partial charge in [-0.2, -0.15) is 0 Å². The van der Waals surface area contributed by atoms with Crippen LogP contribution in [0.2, 0.25) is 0 Å². The molecule has 0 fully saturated rings. The lowest BCUT2D eigenvalue weighted by molar-refractivity contribution is 0.103. The third-order valence-electron chi connectivity index (χ3n) is 1.68. The average molecular weight is 183 g/mol. The molecule has 0 radical (unpaired) electrons. The first-order valence-corrected chi connectivity index (χ1v) is 4.54. The van der Waals surface area contributed by atoms with Crippen LogP contribution in [0.25, 0.3) is 0 Å². The smallest absolute Gasteiger partial charge is 0.200 e. The third kappa shape index (κ3) is 3.46. The van der Waals surface area contributed by atoms with E-state index in [0.29, 0.717) is 18.5 Å². The minimum absolute atomic E-state index is 0.549. The van der Waals surface area contributed by atoms with E-state index in [1.54, 1.807) is 6.20 Å². The molecule has 0 bridgehead atoms. The molecule has 0 aliphatic heterocycles. The molecule has 4 heteroatoms. The fourth-order valence-electron chi connectivity index (χ4n) is 1.01. The van der Waals surface area contributed by atoms with E-state index in [1.165, 1.54) is 0 Å². The molecule has 1 aromatic rings. The van der Waals surface area contributed by atoms with Crippen LogP contribution in [0.1, 0.15) is 13.8 Å². The van der Waals surface area contributed by atoms with Crippen LogP contribution in [0.4, 0.5) is 5.95 Å². The number of hydrogen-bond acceptors (Lipinski definition) is 3. The Morgan fingerprint density at radius 2 is 2.38 bits per heavy atom. The van der Waals surface area contributed by atoms with Crippen molar-refractivity contribution in [1.82, 2.24) is 9.55 Å². The zero-order chi connectivity index (χ0) is 9.68. The van der Waals surface area contributed by atoms with Crippen LogP contribution < -0.4 is 5.73 Å². The molecule has 0 aliphatic carbocycles. The van der Waals surface area contributed by atoms with Crippen LogP contribution >= 0.6 is 0 Å². The van der Waals surface area contributed by atoms with Gasteiger partial charge < -0.3 is 15.0 Å². The van der Waals surface area contributed by atoms with Crippen molar-refractivity contribution in [3.05, 3.63) is 12.4 Å². The summed E-state index contributed by atoms with van der Waals surface area (Å²) in [7, 11) is 0. The third-order valence-corrected chi connectivity index (χ3v) is 1.68. The normalized spacial score (nSPS) is 11.0. The summed E-state index contributed by atoms with van der Waals surface area (Å²) in [5.41, 5.74) is 5.58. The van der Waals surface area contributed by atoms with Crippen LogP contribution in [0, 0.1) is 5.92 Å². The molecule has 0 amide bonds. The Hall–Kier alpha value is -1.03. The van der Waals surface area contributed by atoms with E-state index in [0.717, 1.165) is 13.2 Å². The summed E-state index contributed by atoms with van der Waals surface area (Å²) in [6.07, 6.45) is 3.55. The van der Waals surface area contributed by atoms with Gasteiger partial charge in [0.25, 0.3) is 0 Å². The van der Waals surface area contributed by atoms with Gasteiger partial charge in [-0.15, -0.1) is 0 Å². The summed E-state index contributed by atoms with van der Waals surface area (Å²) < 4.78 is 7.29. The minimum atomic E-state index is 0.549. The van der Waals surface area contributed by atoms with Crippen molar-refractivity contribution in [3.63, 3.8) is 0 Å². The lowest BCUT2D eigenvalue weighted by Crippen LogP contribution is -2.10. The van der Waals surface area contributed by atoms with Crippen molar-refractivity contribution < 1.29 is 4.74 Å². The molecule has 2 N–H and O–H groups in total. The monoisotopic (exact) mass is 183 g/mol. The van der Waals surface area contributed by atoms with Gasteiger partial charge in [-0.1, -0.05) is 13.8 Å². The van der Waals surface area contributed by atoms with Gasteiger partial charge >= 0.3 is 0 Å². The maximum absolute atomic E-state index is 5.58. The number of nitrogens with zero attached hydrogens (tertiary/aromatic N) is 2. The maximum atomic E-state index is 5.58. The molecule has 0 atom stereocenters. The maximum Gasteiger partial charge on any atom is 0.200 e. The molecule has 0 spiro atoms. The highest BCUT2D eigenvalue weighted by molar-refractivity contribution is 5.16. The predicted octanol–water partition coefficient (Wildman–Crippen LogP) is 1.14. The van der Waals surface area contributed by atoms with Crippen molar-refractivity contribution in [2.24, 2.45) is 5.92 Å². The lowest BCUT2D eigenvalue weighted by Gasteiger charge is -2.07. The Balaban J connectivity index is 2.17. The van der Waals surface area contributed by atoms with Crippen LogP contribution in [-0.4, -0.2) is 22.8 Å². The topological polar surface area (TPSA) is 53.1 Å². The predicted molar refractivity (Wildman–Crippen MR) is 52.3 cm³/mol. The fraction of sp³-hybridized carbons (Fsp3) is 0.667. The number of rotatable bonds is 5. The Morgan fingerprint density at radius 1 is 1.62 bits per heavy atom. The molecule has 74 valence electrons. The average Bonchev–Trinajstić information content (AvgIpc) is 2.45. The quantitative estimate of drug-likeness (QED) is 0.696. The zero-order valence-electron chi connectivity index (χ0n) is 8.23. The Kier molecular flexibility index (Phi) is 3.76. The second kappa shape index (κ2) is 4.87. The molecular weight excluding hydrogens is 166 g/mol. The van der Waals surface area contributed by atoms with Crippen LogP contribution in [-0.2, 0) is 11.3 Å². The van der Waals surface area contributed by atoms with Gasteiger partial charge in [-0.05, 0) is 5.92 Å². The molecule has 0 unspecified atom stereocenters. The second-order valence-corrected chi connectivity index (χ2v) is 3.45. The molecule has 1 aromatic heterocycles. The number of aromatic nitrogens is 2. The van der Waals surface area contributed by atoms with Crippen molar-refractivity contribution in [1.29, 1.82) is 0 Å². The molecule has 0 saturated carbocycles. The number of anilines is 1. The van der Waals surface area contributed by atoms with Crippen molar-refractivity contribution in [2.45, 2.75) is 20.4 Å². The lowest BCUT2D eigenvalue weighted by atomic mass is 10.2. The highest BCUT2D eigenvalue weighted by Crippen LogP contribution is 1.98. The van der Waals surface area contributed by atoms with Gasteiger partial charge in [0.2, 0.25) is 0 Å². The summed E-state index contributed by atoms with van der Waals surface area (Å²) in [4.78, 5) is 3.92. The summed E-state index contributed by atoms with van der Waals surface area (Å²) >= 11 is 0. The zero-order valence-corrected chi connectivity index (χ0v) is 8.23. The molecule has 0 aliphatic rings. The number of imidazole rings is 1. The van der Waals surface area contributed by atoms with E-state index in [2.05, 4.69) is 18.8 Å². The van der Waals surface area contributed by atoms with Gasteiger partial charge in [0, 0.05) is 25.5 Å².